The van der Waals surface area contributed by atoms with Crippen LogP contribution in [0.5, 0.6) is 0 Å². The molecule has 0 amide bonds. The third-order valence-corrected chi connectivity index (χ3v) is 3.73. The van der Waals surface area contributed by atoms with Crippen LogP contribution in [0.3, 0.4) is 0 Å². The molecule has 0 bridgehead atoms. The molecule has 0 aliphatic heterocycles. The summed E-state index contributed by atoms with van der Waals surface area (Å²) < 4.78 is 15.7. The molecule has 3 nitrogen and oxygen atoms in total. The first kappa shape index (κ1) is 13.9. The molecular weight excluding hydrogens is 265 g/mol. The standard InChI is InChI=1S/C14H17ClFN3/c1-4-8(2)13-12(14(17)19(3)18-13)11-9(15)6-5-7-10(11)16/h5-8H,4,17H2,1-3H3. The maximum Gasteiger partial charge on any atom is 0.132 e. The monoisotopic (exact) mass is 281 g/mol. The molecular formula is C14H17ClFN3. The summed E-state index contributed by atoms with van der Waals surface area (Å²) >= 11 is 6.13. The van der Waals surface area contributed by atoms with Crippen LogP contribution in [0.2, 0.25) is 5.02 Å². The number of anilines is 1. The van der Waals surface area contributed by atoms with Crippen LogP contribution < -0.4 is 5.73 Å². The van der Waals surface area contributed by atoms with Crippen LogP contribution in [-0.4, -0.2) is 9.78 Å². The van der Waals surface area contributed by atoms with Crippen molar-refractivity contribution in [1.82, 2.24) is 9.78 Å². The van der Waals surface area contributed by atoms with E-state index in [4.69, 9.17) is 17.3 Å². The average Bonchev–Trinajstić information content (AvgIpc) is 2.66. The van der Waals surface area contributed by atoms with Gasteiger partial charge >= 0.3 is 0 Å². The Morgan fingerprint density at radius 3 is 2.68 bits per heavy atom. The molecule has 0 aliphatic rings. The molecule has 102 valence electrons. The van der Waals surface area contributed by atoms with Gasteiger partial charge < -0.3 is 5.73 Å². The van der Waals surface area contributed by atoms with Crippen LogP contribution in [0.1, 0.15) is 31.9 Å². The van der Waals surface area contributed by atoms with Crippen LogP contribution in [-0.2, 0) is 7.05 Å². The fourth-order valence-corrected chi connectivity index (χ4v) is 2.35. The summed E-state index contributed by atoms with van der Waals surface area (Å²) in [6.07, 6.45) is 0.898. The zero-order chi connectivity index (χ0) is 14.2. The van der Waals surface area contributed by atoms with Crippen molar-refractivity contribution in [3.63, 3.8) is 0 Å². The van der Waals surface area contributed by atoms with Gasteiger partial charge in [-0.05, 0) is 18.6 Å². The second kappa shape index (κ2) is 5.21. The number of hydrogen-bond acceptors (Lipinski definition) is 2. The Bertz CT molecular complexity index is 587. The maximum atomic E-state index is 14.1. The van der Waals surface area contributed by atoms with E-state index in [9.17, 15) is 4.39 Å². The van der Waals surface area contributed by atoms with Gasteiger partial charge in [-0.3, -0.25) is 4.68 Å². The number of rotatable bonds is 3. The Morgan fingerprint density at radius 2 is 2.11 bits per heavy atom. The second-order valence-electron chi connectivity index (χ2n) is 4.68. The van der Waals surface area contributed by atoms with Crippen molar-refractivity contribution in [2.45, 2.75) is 26.2 Å². The number of benzene rings is 1. The van der Waals surface area contributed by atoms with Crippen LogP contribution in [0, 0.1) is 5.82 Å². The summed E-state index contributed by atoms with van der Waals surface area (Å²) in [6, 6.07) is 4.62. The van der Waals surface area contributed by atoms with Crippen molar-refractivity contribution in [3.8, 4) is 11.1 Å². The zero-order valence-electron chi connectivity index (χ0n) is 11.2. The zero-order valence-corrected chi connectivity index (χ0v) is 12.0. The molecule has 2 aromatic rings. The molecule has 1 aromatic heterocycles. The smallest absolute Gasteiger partial charge is 0.132 e. The van der Waals surface area contributed by atoms with Crippen molar-refractivity contribution in [3.05, 3.63) is 34.7 Å². The highest BCUT2D eigenvalue weighted by atomic mass is 35.5. The summed E-state index contributed by atoms with van der Waals surface area (Å²) in [7, 11) is 1.75. The molecule has 0 aliphatic carbocycles. The van der Waals surface area contributed by atoms with E-state index >= 15 is 0 Å². The van der Waals surface area contributed by atoms with Gasteiger partial charge in [-0.15, -0.1) is 0 Å². The lowest BCUT2D eigenvalue weighted by Gasteiger charge is -2.11. The third-order valence-electron chi connectivity index (χ3n) is 3.41. The first-order valence-electron chi connectivity index (χ1n) is 6.24. The molecule has 1 unspecified atom stereocenters. The van der Waals surface area contributed by atoms with Gasteiger partial charge in [0.15, 0.2) is 0 Å². The minimum absolute atomic E-state index is 0.189. The first-order valence-corrected chi connectivity index (χ1v) is 6.61. The number of aryl methyl sites for hydroxylation is 1. The lowest BCUT2D eigenvalue weighted by molar-refractivity contribution is 0.630. The highest BCUT2D eigenvalue weighted by molar-refractivity contribution is 6.33. The molecule has 0 saturated heterocycles. The van der Waals surface area contributed by atoms with E-state index in [2.05, 4.69) is 12.0 Å². The molecule has 2 N–H and O–H groups in total. The Kier molecular flexibility index (Phi) is 3.80. The van der Waals surface area contributed by atoms with E-state index in [0.29, 0.717) is 22.0 Å². The van der Waals surface area contributed by atoms with Gasteiger partial charge in [-0.25, -0.2) is 4.39 Å². The molecule has 19 heavy (non-hydrogen) atoms. The Labute approximate surface area is 117 Å². The quantitative estimate of drug-likeness (QED) is 0.925. The summed E-state index contributed by atoms with van der Waals surface area (Å²) in [6.45, 7) is 4.10. The summed E-state index contributed by atoms with van der Waals surface area (Å²) in [4.78, 5) is 0. The summed E-state index contributed by atoms with van der Waals surface area (Å²) in [5.41, 5.74) is 7.78. The lowest BCUT2D eigenvalue weighted by Crippen LogP contribution is -1.98. The molecule has 0 saturated carbocycles. The van der Waals surface area contributed by atoms with Crippen LogP contribution in [0.4, 0.5) is 10.2 Å². The molecule has 5 heteroatoms. The van der Waals surface area contributed by atoms with Gasteiger partial charge in [-0.1, -0.05) is 31.5 Å². The normalized spacial score (nSPS) is 12.7. The molecule has 1 heterocycles. The van der Waals surface area contributed by atoms with Gasteiger partial charge in [0.05, 0.1) is 16.3 Å². The Morgan fingerprint density at radius 1 is 1.42 bits per heavy atom. The molecule has 1 aromatic carbocycles. The van der Waals surface area contributed by atoms with E-state index in [0.717, 1.165) is 12.1 Å². The van der Waals surface area contributed by atoms with Crippen molar-refractivity contribution in [2.24, 2.45) is 7.05 Å². The maximum absolute atomic E-state index is 14.1. The summed E-state index contributed by atoms with van der Waals surface area (Å²) in [5, 5.41) is 4.76. The van der Waals surface area contributed by atoms with Crippen LogP contribution >= 0.6 is 11.6 Å². The van der Waals surface area contributed by atoms with E-state index in [1.54, 1.807) is 23.9 Å². The van der Waals surface area contributed by atoms with Gasteiger partial charge in [0.1, 0.15) is 11.6 Å². The summed E-state index contributed by atoms with van der Waals surface area (Å²) in [5.74, 6) is 0.244. The highest BCUT2D eigenvalue weighted by Crippen LogP contribution is 2.39. The van der Waals surface area contributed by atoms with Gasteiger partial charge in [-0.2, -0.15) is 5.10 Å². The minimum atomic E-state index is -0.378. The molecule has 1 atom stereocenters. The fourth-order valence-electron chi connectivity index (χ4n) is 2.09. The number of halogens is 2. The predicted molar refractivity (Wildman–Crippen MR) is 76.7 cm³/mol. The van der Waals surface area contributed by atoms with Gasteiger partial charge in [0.2, 0.25) is 0 Å². The number of nitrogen functional groups attached to an aromatic ring is 1. The Hall–Kier alpha value is -1.55. The average molecular weight is 282 g/mol. The lowest BCUT2D eigenvalue weighted by atomic mass is 9.96. The van der Waals surface area contributed by atoms with Crippen LogP contribution in [0.15, 0.2) is 18.2 Å². The number of hydrogen-bond donors (Lipinski definition) is 1. The second-order valence-corrected chi connectivity index (χ2v) is 5.08. The SMILES string of the molecule is CCC(C)c1nn(C)c(N)c1-c1c(F)cccc1Cl. The van der Waals surface area contributed by atoms with Gasteiger partial charge in [0.25, 0.3) is 0 Å². The van der Waals surface area contributed by atoms with Crippen LogP contribution in [0.25, 0.3) is 11.1 Å². The predicted octanol–water partition coefficient (Wildman–Crippen LogP) is 3.98. The minimum Gasteiger partial charge on any atom is -0.383 e. The molecule has 0 spiro atoms. The number of aromatic nitrogens is 2. The number of nitrogens with zero attached hydrogens (tertiary/aromatic N) is 2. The third kappa shape index (κ3) is 2.32. The Balaban J connectivity index is 2.74. The van der Waals surface area contributed by atoms with Gasteiger partial charge in [0, 0.05) is 18.5 Å². The van der Waals surface area contributed by atoms with Crippen molar-refractivity contribution < 1.29 is 4.39 Å². The molecule has 2 rings (SSSR count). The largest absolute Gasteiger partial charge is 0.383 e. The van der Waals surface area contributed by atoms with E-state index in [-0.39, 0.29) is 11.7 Å². The molecule has 0 radical (unpaired) electrons. The van der Waals surface area contributed by atoms with Crippen molar-refractivity contribution >= 4 is 17.4 Å². The molecule has 0 fully saturated rings. The van der Waals surface area contributed by atoms with E-state index in [1.165, 1.54) is 6.07 Å². The number of nitrogens with two attached hydrogens (primary N) is 1. The topological polar surface area (TPSA) is 43.8 Å². The fraction of sp³-hybridized carbons (Fsp3) is 0.357. The van der Waals surface area contributed by atoms with E-state index < -0.39 is 0 Å². The first-order chi connectivity index (χ1) is 8.97. The van der Waals surface area contributed by atoms with Crippen molar-refractivity contribution in [2.75, 3.05) is 5.73 Å². The van der Waals surface area contributed by atoms with Crippen molar-refractivity contribution in [1.29, 1.82) is 0 Å². The highest BCUT2D eigenvalue weighted by Gasteiger charge is 2.23. The van der Waals surface area contributed by atoms with E-state index in [1.807, 2.05) is 6.92 Å².